The molecule has 1 aliphatic carbocycles. The predicted octanol–water partition coefficient (Wildman–Crippen LogP) is 8.49. The van der Waals surface area contributed by atoms with Crippen LogP contribution in [0.25, 0.3) is 22.0 Å². The van der Waals surface area contributed by atoms with Crippen LogP contribution in [-0.4, -0.2) is 76.1 Å². The van der Waals surface area contributed by atoms with Crippen LogP contribution in [0.4, 0.5) is 54.5 Å². The molecular formula is C40H33Cl2F10N7O6S2. The van der Waals surface area contributed by atoms with E-state index in [2.05, 4.69) is 32.3 Å². The topological polar surface area (TPSA) is 166 Å². The number of carbonyl (C=O) groups is 2. The number of nitrogens with zero attached hydrogens (tertiary/aromatic N) is 6. The summed E-state index contributed by atoms with van der Waals surface area (Å²) in [6, 6.07) is 4.69. The van der Waals surface area contributed by atoms with Crippen molar-refractivity contribution in [1.29, 1.82) is 0 Å². The number of aromatic nitrogens is 5. The largest absolute Gasteiger partial charge is 0.435 e. The summed E-state index contributed by atoms with van der Waals surface area (Å²) in [7, 11) is -8.64. The van der Waals surface area contributed by atoms with E-state index < -0.39 is 148 Å². The number of pyridine rings is 1. The molecule has 1 N–H and O–H groups in total. The molecular weight excluding hydrogens is 1000 g/mol. The molecule has 0 bridgehead atoms. The average Bonchev–Trinajstić information content (AvgIpc) is 3.77. The molecule has 6 rings (SSSR count). The van der Waals surface area contributed by atoms with Crippen molar-refractivity contribution in [2.75, 3.05) is 16.8 Å². The third-order valence-electron chi connectivity index (χ3n) is 10.6. The fraction of sp³-hybridized carbons (Fsp3) is 0.375. The first kappa shape index (κ1) is 51.0. The Kier molecular flexibility index (Phi) is 13.4. The van der Waals surface area contributed by atoms with Crippen LogP contribution in [0.15, 0.2) is 42.5 Å². The van der Waals surface area contributed by atoms with Gasteiger partial charge in [-0.05, 0) is 80.1 Å². The molecule has 0 unspecified atom stereocenters. The number of halogens is 12. The van der Waals surface area contributed by atoms with Gasteiger partial charge in [-0.3, -0.25) is 19.0 Å². The highest BCUT2D eigenvalue weighted by Crippen LogP contribution is 2.50. The smallest absolute Gasteiger partial charge is 0.346 e. The van der Waals surface area contributed by atoms with Gasteiger partial charge in [0.1, 0.15) is 40.9 Å². The van der Waals surface area contributed by atoms with Gasteiger partial charge >= 0.3 is 17.7 Å². The number of amides is 2. The summed E-state index contributed by atoms with van der Waals surface area (Å²) < 4.78 is 195. The van der Waals surface area contributed by atoms with Crippen molar-refractivity contribution >= 4 is 71.1 Å². The summed E-state index contributed by atoms with van der Waals surface area (Å²) in [5.41, 5.74) is -6.08. The van der Waals surface area contributed by atoms with Crippen LogP contribution in [0.3, 0.4) is 0 Å². The van der Waals surface area contributed by atoms with Gasteiger partial charge in [0.2, 0.25) is 15.9 Å². The minimum atomic E-state index is -5.24. The number of carbonyl (C=O) groups excluding carboxylic acids is 2. The van der Waals surface area contributed by atoms with Crippen molar-refractivity contribution in [3.05, 3.63) is 93.0 Å². The summed E-state index contributed by atoms with van der Waals surface area (Å²) in [5.74, 6) is -5.14. The Morgan fingerprint density at radius 1 is 0.955 bits per heavy atom. The highest BCUT2D eigenvalue weighted by Gasteiger charge is 2.54. The maximum atomic E-state index is 15.5. The molecule has 0 spiro atoms. The number of rotatable bonds is 11. The molecule has 0 fully saturated rings. The van der Waals surface area contributed by atoms with Crippen LogP contribution in [0.1, 0.15) is 60.7 Å². The number of benzene rings is 2. The maximum Gasteiger partial charge on any atom is 0.435 e. The van der Waals surface area contributed by atoms with Crippen molar-refractivity contribution in [2.24, 2.45) is 5.92 Å². The summed E-state index contributed by atoms with van der Waals surface area (Å²) in [6.07, 6.45) is -10.5. The van der Waals surface area contributed by atoms with Gasteiger partial charge in [-0.2, -0.15) is 49.6 Å². The Labute approximate surface area is 384 Å². The Balaban J connectivity index is 1.65. The zero-order chi connectivity index (χ0) is 50.1. The first-order chi connectivity index (χ1) is 30.6. The van der Waals surface area contributed by atoms with Crippen LogP contribution >= 0.6 is 23.2 Å². The minimum absolute atomic E-state index is 0.136. The van der Waals surface area contributed by atoms with Crippen LogP contribution in [0, 0.1) is 29.4 Å². The predicted molar refractivity (Wildman–Crippen MR) is 223 cm³/mol. The van der Waals surface area contributed by atoms with E-state index in [0.717, 1.165) is 49.6 Å². The van der Waals surface area contributed by atoms with Crippen LogP contribution in [-0.2, 0) is 62.7 Å². The molecule has 2 aromatic carbocycles. The Bertz CT molecular complexity index is 3130. The van der Waals surface area contributed by atoms with Crippen LogP contribution in [0.2, 0.25) is 5.02 Å². The Morgan fingerprint density at radius 2 is 1.57 bits per heavy atom. The highest BCUT2D eigenvalue weighted by atomic mass is 35.5. The van der Waals surface area contributed by atoms with E-state index in [1.807, 2.05) is 0 Å². The van der Waals surface area contributed by atoms with E-state index in [1.165, 1.54) is 13.8 Å². The number of sulfonamides is 1. The summed E-state index contributed by atoms with van der Waals surface area (Å²) >= 11 is 12.1. The molecule has 3 aromatic heterocycles. The number of nitrogens with one attached hydrogen (secondary N) is 1. The molecule has 360 valence electrons. The van der Waals surface area contributed by atoms with Gasteiger partial charge in [0.05, 0.1) is 33.9 Å². The molecule has 3 heterocycles. The zero-order valence-electron chi connectivity index (χ0n) is 35.0. The number of hydrogen-bond acceptors (Lipinski definition) is 9. The molecule has 27 heteroatoms. The number of hydrogen-bond donors (Lipinski definition) is 1. The first-order valence-corrected chi connectivity index (χ1v) is 23.6. The van der Waals surface area contributed by atoms with Gasteiger partial charge in [-0.1, -0.05) is 30.5 Å². The molecule has 0 radical (unpaired) electrons. The van der Waals surface area contributed by atoms with Gasteiger partial charge in [-0.15, -0.1) is 0 Å². The molecule has 0 saturated heterocycles. The number of sulfone groups is 1. The molecule has 2 atom stereocenters. The molecule has 2 amide bonds. The standard InChI is InChI=1S/C40H33Cl2F10N7O6S2/c1-19-12-26-33(40(50,51)52)55-57(34(26)39(19,48)49)17-29(60)54-28(15-20-13-21(43)16-22(44)14-20)31-24(7-6-23(53-31)10-11-37(2,3)66(4,62)63)25-8-9-27(41)30-32(25)58(18-38(45,46)47)56-35(30)59(36(42)61)67(5,64)65/h6-9,13-14,16,19,28H,12,15,17-18H2,1-5H3,(H,54,60)/t19-,28+/m1/s1. The second-order valence-corrected chi connectivity index (χ2v) is 21.1. The number of fused-ring (bicyclic) bond motifs is 2. The van der Waals surface area contributed by atoms with Gasteiger partial charge in [0.15, 0.2) is 21.3 Å². The SMILES string of the molecule is C[C@@H]1Cc2c(C(F)(F)F)nn(CC(=O)N[C@@H](Cc3cc(F)cc(F)c3)c3nc(C#CC(C)(C)S(C)(=O)=O)ccc3-c3ccc(Cl)c4c(N(C(=O)Cl)S(C)(=O)=O)nn(CC(F)(F)F)c34)c2C1(F)F. The molecule has 13 nitrogen and oxygen atoms in total. The third-order valence-corrected chi connectivity index (χ3v) is 14.1. The molecule has 67 heavy (non-hydrogen) atoms. The lowest BCUT2D eigenvalue weighted by molar-refractivity contribution is -0.143. The molecule has 1 aliphatic rings. The lowest BCUT2D eigenvalue weighted by atomic mass is 9.93. The van der Waals surface area contributed by atoms with Crippen LogP contribution in [0.5, 0.6) is 0 Å². The summed E-state index contributed by atoms with van der Waals surface area (Å²) in [4.78, 5) is 31.1. The minimum Gasteiger partial charge on any atom is -0.346 e. The highest BCUT2D eigenvalue weighted by molar-refractivity contribution is 7.93. The molecule has 5 aromatic rings. The molecule has 0 saturated carbocycles. The third kappa shape index (κ3) is 10.5. The van der Waals surface area contributed by atoms with E-state index in [4.69, 9.17) is 23.2 Å². The van der Waals surface area contributed by atoms with E-state index in [-0.39, 0.29) is 36.1 Å². The van der Waals surface area contributed by atoms with Gasteiger partial charge in [0.25, 0.3) is 5.92 Å². The zero-order valence-corrected chi connectivity index (χ0v) is 38.2. The van der Waals surface area contributed by atoms with Gasteiger partial charge in [-0.25, -0.2) is 30.6 Å². The van der Waals surface area contributed by atoms with Crippen molar-refractivity contribution in [2.45, 2.75) is 75.8 Å². The molecule has 0 aliphatic heterocycles. The monoisotopic (exact) mass is 1030 g/mol. The Morgan fingerprint density at radius 3 is 2.12 bits per heavy atom. The number of alkyl halides is 8. The fourth-order valence-corrected chi connectivity index (χ4v) is 8.89. The average molecular weight is 1030 g/mol. The quantitative estimate of drug-likeness (QED) is 0.0591. The lowest BCUT2D eigenvalue weighted by Gasteiger charge is -2.23. The second-order valence-electron chi connectivity index (χ2n) is 16.0. The van der Waals surface area contributed by atoms with E-state index in [9.17, 15) is 61.5 Å². The van der Waals surface area contributed by atoms with Crippen molar-refractivity contribution < 1.29 is 70.3 Å². The first-order valence-electron chi connectivity index (χ1n) is 19.1. The van der Waals surface area contributed by atoms with Gasteiger partial charge < -0.3 is 5.32 Å². The second kappa shape index (κ2) is 17.6. The van der Waals surface area contributed by atoms with Crippen molar-refractivity contribution in [1.82, 2.24) is 29.9 Å². The number of anilines is 1. The lowest BCUT2D eigenvalue weighted by Crippen LogP contribution is -2.35. The van der Waals surface area contributed by atoms with E-state index in [0.29, 0.717) is 12.3 Å². The van der Waals surface area contributed by atoms with Crippen molar-refractivity contribution in [3.8, 4) is 23.0 Å². The normalized spacial score (nSPS) is 15.8. The summed E-state index contributed by atoms with van der Waals surface area (Å²) in [6.45, 7) is 0.164. The fourth-order valence-electron chi connectivity index (χ4n) is 7.25. The van der Waals surface area contributed by atoms with Crippen LogP contribution < -0.4 is 9.62 Å². The van der Waals surface area contributed by atoms with Gasteiger partial charge in [0, 0.05) is 34.9 Å². The maximum absolute atomic E-state index is 15.5. The van der Waals surface area contributed by atoms with E-state index >= 15 is 8.78 Å². The van der Waals surface area contributed by atoms with E-state index in [1.54, 1.807) is 0 Å². The van der Waals surface area contributed by atoms with Crippen molar-refractivity contribution in [3.63, 3.8) is 0 Å². The summed E-state index contributed by atoms with van der Waals surface area (Å²) in [5, 5.41) is 6.65. The Hall–Kier alpha value is -5.45.